The quantitative estimate of drug-likeness (QED) is 0.599. The van der Waals surface area contributed by atoms with Crippen LogP contribution in [0.5, 0.6) is 0 Å². The minimum atomic E-state index is -3.15. The maximum Gasteiger partial charge on any atom is 0.211 e. The number of aliphatic hydroxyl groups is 1. The van der Waals surface area contributed by atoms with E-state index in [4.69, 9.17) is 0 Å². The van der Waals surface area contributed by atoms with Crippen LogP contribution in [0.15, 0.2) is 0 Å². The maximum atomic E-state index is 13.7. The van der Waals surface area contributed by atoms with Gasteiger partial charge in [-0.2, -0.15) is 4.31 Å². The Morgan fingerprint density at radius 3 is 2.11 bits per heavy atom. The molecule has 0 aromatic heterocycles. The summed E-state index contributed by atoms with van der Waals surface area (Å²) >= 11 is 0. The Labute approximate surface area is 219 Å². The molecular formula is C29H50N2O4S. The van der Waals surface area contributed by atoms with Crippen molar-refractivity contribution in [1.29, 1.82) is 0 Å². The molecule has 1 N–H and O–H groups in total. The van der Waals surface area contributed by atoms with Gasteiger partial charge in [0.1, 0.15) is 5.78 Å². The number of piperazine rings is 1. The zero-order chi connectivity index (χ0) is 26.3. The van der Waals surface area contributed by atoms with Crippen LogP contribution in [0.25, 0.3) is 0 Å². The van der Waals surface area contributed by atoms with E-state index in [1.54, 1.807) is 0 Å². The molecule has 1 heterocycles. The van der Waals surface area contributed by atoms with Gasteiger partial charge in [-0.15, -0.1) is 0 Å². The van der Waals surface area contributed by atoms with Crippen molar-refractivity contribution in [1.82, 2.24) is 9.21 Å². The number of sulfonamides is 1. The molecule has 0 bridgehead atoms. The van der Waals surface area contributed by atoms with Gasteiger partial charge in [-0.3, -0.25) is 9.69 Å². The molecule has 5 rings (SSSR count). The van der Waals surface area contributed by atoms with Crippen LogP contribution in [0.2, 0.25) is 0 Å². The Bertz CT molecular complexity index is 989. The molecule has 0 radical (unpaired) electrons. The van der Waals surface area contributed by atoms with Crippen molar-refractivity contribution in [2.75, 3.05) is 39.0 Å². The van der Waals surface area contributed by atoms with Crippen molar-refractivity contribution < 1.29 is 18.3 Å². The second kappa shape index (κ2) is 8.76. The van der Waals surface area contributed by atoms with E-state index in [0.717, 1.165) is 32.1 Å². The molecule has 0 unspecified atom stereocenters. The first-order valence-corrected chi connectivity index (χ1v) is 16.4. The Hall–Kier alpha value is -0.500. The second-order valence-corrected chi connectivity index (χ2v) is 16.6. The highest BCUT2D eigenvalue weighted by molar-refractivity contribution is 7.88. The molecule has 4 saturated carbocycles. The summed E-state index contributed by atoms with van der Waals surface area (Å²) in [7, 11) is -3.15. The summed E-state index contributed by atoms with van der Waals surface area (Å²) in [5.41, 5.74) is 0.0966. The van der Waals surface area contributed by atoms with Crippen LogP contribution in [0.4, 0.5) is 0 Å². The normalized spacial score (nSPS) is 50.2. The SMILES string of the molecule is C[C@@H]1C[C@@]2(C)[C@@H](CC[C@]3(C)[C@@H]2CC[C@@]2(C)[C@H]3CC[C@@H]2C(=O)CN2CCN(S(C)(=O)=O)CC2)C[C@]1(C)O. The smallest absolute Gasteiger partial charge is 0.211 e. The van der Waals surface area contributed by atoms with Crippen LogP contribution in [0.3, 0.4) is 0 Å². The Morgan fingerprint density at radius 2 is 1.47 bits per heavy atom. The molecule has 0 aromatic rings. The summed E-state index contributed by atoms with van der Waals surface area (Å²) in [6.07, 6.45) is 10.3. The Balaban J connectivity index is 1.30. The summed E-state index contributed by atoms with van der Waals surface area (Å²) in [5, 5.41) is 11.1. The zero-order valence-electron chi connectivity index (χ0n) is 23.6. The summed E-state index contributed by atoms with van der Waals surface area (Å²) in [5.74, 6) is 2.72. The maximum absolute atomic E-state index is 13.7. The van der Waals surface area contributed by atoms with Gasteiger partial charge < -0.3 is 5.11 Å². The molecule has 4 aliphatic carbocycles. The number of carbonyl (C=O) groups is 1. The third-order valence-electron chi connectivity index (χ3n) is 12.7. The first kappa shape index (κ1) is 27.1. The fourth-order valence-corrected chi connectivity index (χ4v) is 11.4. The van der Waals surface area contributed by atoms with Crippen molar-refractivity contribution in [3.8, 4) is 0 Å². The summed E-state index contributed by atoms with van der Waals surface area (Å²) < 4.78 is 25.2. The molecule has 7 heteroatoms. The third-order valence-corrected chi connectivity index (χ3v) is 14.0. The standard InChI is InChI=1S/C29H50N2O4S/c1-20-17-28(4)21(18-29(20,5)33)9-11-27(3)24-8-7-22(26(24,2)12-10-25(27)28)23(32)19-30-13-15-31(16-14-30)36(6,34)35/h20-22,24-25,33H,7-19H2,1-6H3/t20-,21+,22-,24-,25+,26-,27+,28+,29+/m1/s1. The van der Waals surface area contributed by atoms with E-state index in [2.05, 4.69) is 39.5 Å². The summed E-state index contributed by atoms with van der Waals surface area (Å²) in [6, 6.07) is 0. The van der Waals surface area contributed by atoms with E-state index < -0.39 is 15.6 Å². The fourth-order valence-electron chi connectivity index (χ4n) is 10.5. The minimum Gasteiger partial charge on any atom is -0.390 e. The molecular weight excluding hydrogens is 472 g/mol. The van der Waals surface area contributed by atoms with Crippen molar-refractivity contribution in [3.05, 3.63) is 0 Å². The molecule has 6 nitrogen and oxygen atoms in total. The van der Waals surface area contributed by atoms with Crippen LogP contribution in [0, 0.1) is 45.8 Å². The molecule has 1 aliphatic heterocycles. The van der Waals surface area contributed by atoms with Gasteiger partial charge in [0.15, 0.2) is 0 Å². The predicted molar refractivity (Wildman–Crippen MR) is 143 cm³/mol. The van der Waals surface area contributed by atoms with Crippen LogP contribution < -0.4 is 0 Å². The molecule has 9 atom stereocenters. The van der Waals surface area contributed by atoms with E-state index in [1.165, 1.54) is 29.8 Å². The lowest BCUT2D eigenvalue weighted by Gasteiger charge is -2.67. The molecule has 0 amide bonds. The highest BCUT2D eigenvalue weighted by Crippen LogP contribution is 2.73. The van der Waals surface area contributed by atoms with Crippen molar-refractivity contribution in [3.63, 3.8) is 0 Å². The monoisotopic (exact) mass is 522 g/mol. The average molecular weight is 523 g/mol. The van der Waals surface area contributed by atoms with Gasteiger partial charge >= 0.3 is 0 Å². The molecule has 36 heavy (non-hydrogen) atoms. The van der Waals surface area contributed by atoms with Crippen molar-refractivity contribution in [2.45, 2.75) is 91.6 Å². The van der Waals surface area contributed by atoms with E-state index in [0.29, 0.717) is 62.2 Å². The lowest BCUT2D eigenvalue weighted by Crippen LogP contribution is -2.61. The average Bonchev–Trinajstić information content (AvgIpc) is 3.13. The van der Waals surface area contributed by atoms with Gasteiger partial charge in [-0.1, -0.05) is 27.7 Å². The molecule has 5 fully saturated rings. The lowest BCUT2D eigenvalue weighted by molar-refractivity contribution is -0.199. The molecule has 5 aliphatic rings. The number of ketones is 1. The van der Waals surface area contributed by atoms with Crippen LogP contribution in [0.1, 0.15) is 86.0 Å². The van der Waals surface area contributed by atoms with E-state index in [9.17, 15) is 18.3 Å². The first-order chi connectivity index (χ1) is 16.6. The number of carbonyl (C=O) groups excluding carboxylic acids is 1. The van der Waals surface area contributed by atoms with Gasteiger partial charge in [-0.05, 0) is 98.2 Å². The number of fused-ring (bicyclic) bond motifs is 5. The highest BCUT2D eigenvalue weighted by Gasteiger charge is 2.66. The van der Waals surface area contributed by atoms with Gasteiger partial charge in [-0.25, -0.2) is 8.42 Å². The number of hydrogen-bond donors (Lipinski definition) is 1. The topological polar surface area (TPSA) is 77.9 Å². The molecule has 206 valence electrons. The third kappa shape index (κ3) is 4.14. The van der Waals surface area contributed by atoms with Crippen LogP contribution >= 0.6 is 0 Å². The fraction of sp³-hybridized carbons (Fsp3) is 0.966. The van der Waals surface area contributed by atoms with E-state index >= 15 is 0 Å². The number of Topliss-reactive ketones (excluding diaryl/α,β-unsaturated/α-hetero) is 1. The van der Waals surface area contributed by atoms with Crippen LogP contribution in [-0.4, -0.2) is 73.1 Å². The van der Waals surface area contributed by atoms with Gasteiger partial charge in [0.05, 0.1) is 18.4 Å². The second-order valence-electron chi connectivity index (χ2n) is 14.6. The zero-order valence-corrected chi connectivity index (χ0v) is 24.4. The summed E-state index contributed by atoms with van der Waals surface area (Å²) in [6.45, 7) is 14.6. The molecule has 0 spiro atoms. The molecule has 1 saturated heterocycles. The van der Waals surface area contributed by atoms with Crippen molar-refractivity contribution in [2.24, 2.45) is 45.8 Å². The number of hydrogen-bond acceptors (Lipinski definition) is 5. The highest BCUT2D eigenvalue weighted by atomic mass is 32.2. The number of rotatable bonds is 4. The summed E-state index contributed by atoms with van der Waals surface area (Å²) in [4.78, 5) is 15.9. The van der Waals surface area contributed by atoms with Gasteiger partial charge in [0.2, 0.25) is 10.0 Å². The van der Waals surface area contributed by atoms with Gasteiger partial charge in [0.25, 0.3) is 0 Å². The first-order valence-electron chi connectivity index (χ1n) is 14.5. The van der Waals surface area contributed by atoms with E-state index in [-0.39, 0.29) is 22.2 Å². The lowest BCUT2D eigenvalue weighted by atomic mass is 9.38. The van der Waals surface area contributed by atoms with Crippen LogP contribution in [-0.2, 0) is 14.8 Å². The largest absolute Gasteiger partial charge is 0.390 e. The van der Waals surface area contributed by atoms with Crippen molar-refractivity contribution >= 4 is 15.8 Å². The number of nitrogens with zero attached hydrogens (tertiary/aromatic N) is 2. The van der Waals surface area contributed by atoms with E-state index in [1.807, 2.05) is 0 Å². The Kier molecular flexibility index (Phi) is 6.59. The minimum absolute atomic E-state index is 0.0753. The Morgan fingerprint density at radius 1 is 0.861 bits per heavy atom. The molecule has 0 aromatic carbocycles. The predicted octanol–water partition coefficient (Wildman–Crippen LogP) is 4.18. The van der Waals surface area contributed by atoms with Gasteiger partial charge in [0, 0.05) is 32.1 Å².